The molecule has 2 N–H and O–H groups in total. The Labute approximate surface area is 124 Å². The van der Waals surface area contributed by atoms with Crippen LogP contribution in [0.15, 0.2) is 36.4 Å². The molecule has 0 aliphatic rings. The van der Waals surface area contributed by atoms with E-state index >= 15 is 0 Å². The van der Waals surface area contributed by atoms with Crippen molar-refractivity contribution >= 4 is 29.0 Å². The van der Waals surface area contributed by atoms with Crippen LogP contribution in [0.5, 0.6) is 0 Å². The number of halogens is 3. The molecule has 0 bridgehead atoms. The van der Waals surface area contributed by atoms with Gasteiger partial charge in [0.2, 0.25) is 0 Å². The topological polar surface area (TPSA) is 64.9 Å². The maximum absolute atomic E-state index is 13.4. The Hall–Kier alpha value is -2.65. The Bertz CT molecular complexity index is 743. The van der Waals surface area contributed by atoms with Crippen molar-refractivity contribution in [3.05, 3.63) is 58.6 Å². The zero-order chi connectivity index (χ0) is 15.4. The summed E-state index contributed by atoms with van der Waals surface area (Å²) in [5.74, 6) is -1.63. The number of rotatable bonds is 2. The summed E-state index contributed by atoms with van der Waals surface area (Å²) in [5, 5.41) is 13.5. The molecule has 106 valence electrons. The molecule has 2 rings (SSSR count). The Kier molecular flexibility index (Phi) is 4.36. The van der Waals surface area contributed by atoms with Gasteiger partial charge < -0.3 is 10.6 Å². The van der Waals surface area contributed by atoms with Crippen molar-refractivity contribution in [3.63, 3.8) is 0 Å². The predicted octanol–water partition coefficient (Wildman–Crippen LogP) is 4.13. The first-order chi connectivity index (χ1) is 9.99. The SMILES string of the molecule is N#Cc1ccc(NC(=O)Nc2ccc(F)cc2F)c(Cl)c1. The van der Waals surface area contributed by atoms with Gasteiger partial charge in [-0.1, -0.05) is 11.6 Å². The molecule has 2 aromatic rings. The van der Waals surface area contributed by atoms with E-state index in [1.54, 1.807) is 0 Å². The van der Waals surface area contributed by atoms with Gasteiger partial charge in [0.05, 0.1) is 28.0 Å². The normalized spacial score (nSPS) is 9.81. The zero-order valence-electron chi connectivity index (χ0n) is 10.5. The van der Waals surface area contributed by atoms with Crippen LogP contribution in [0.4, 0.5) is 25.0 Å². The molecule has 2 aromatic carbocycles. The number of nitrogens with one attached hydrogen (secondary N) is 2. The number of hydrogen-bond acceptors (Lipinski definition) is 2. The van der Waals surface area contributed by atoms with Gasteiger partial charge in [0.1, 0.15) is 11.6 Å². The number of carbonyl (C=O) groups excluding carboxylic acids is 1. The van der Waals surface area contributed by atoms with Crippen LogP contribution in [0.25, 0.3) is 0 Å². The van der Waals surface area contributed by atoms with Gasteiger partial charge in [-0.05, 0) is 30.3 Å². The van der Waals surface area contributed by atoms with E-state index in [1.807, 2.05) is 6.07 Å². The number of anilines is 2. The fraction of sp³-hybridized carbons (Fsp3) is 0. The molecule has 0 unspecified atom stereocenters. The highest BCUT2D eigenvalue weighted by molar-refractivity contribution is 6.33. The Balaban J connectivity index is 2.10. The fourth-order valence-electron chi connectivity index (χ4n) is 1.55. The van der Waals surface area contributed by atoms with Crippen molar-refractivity contribution in [2.24, 2.45) is 0 Å². The number of amides is 2. The molecule has 0 saturated heterocycles. The first-order valence-electron chi connectivity index (χ1n) is 5.72. The van der Waals surface area contributed by atoms with Crippen LogP contribution in [0, 0.1) is 23.0 Å². The summed E-state index contributed by atoms with van der Waals surface area (Å²) in [5.41, 5.74) is 0.435. The number of hydrogen-bond donors (Lipinski definition) is 2. The second-order valence-electron chi connectivity index (χ2n) is 4.01. The van der Waals surface area contributed by atoms with Gasteiger partial charge in [-0.25, -0.2) is 13.6 Å². The van der Waals surface area contributed by atoms with Crippen LogP contribution in [0.3, 0.4) is 0 Å². The summed E-state index contributed by atoms with van der Waals surface area (Å²) in [4.78, 5) is 11.7. The average molecular weight is 308 g/mol. The molecular weight excluding hydrogens is 300 g/mol. The lowest BCUT2D eigenvalue weighted by molar-refractivity contribution is 0.262. The van der Waals surface area contributed by atoms with Gasteiger partial charge in [0, 0.05) is 6.07 Å². The third kappa shape index (κ3) is 3.68. The maximum atomic E-state index is 13.4. The van der Waals surface area contributed by atoms with Gasteiger partial charge in [0.15, 0.2) is 0 Å². The van der Waals surface area contributed by atoms with Crippen molar-refractivity contribution in [2.45, 2.75) is 0 Å². The fourth-order valence-corrected chi connectivity index (χ4v) is 1.78. The second-order valence-corrected chi connectivity index (χ2v) is 4.42. The summed E-state index contributed by atoms with van der Waals surface area (Å²) in [6, 6.07) is 8.24. The predicted molar refractivity (Wildman–Crippen MR) is 75.2 cm³/mol. The van der Waals surface area contributed by atoms with E-state index in [-0.39, 0.29) is 16.4 Å². The first kappa shape index (κ1) is 14.8. The highest BCUT2D eigenvalue weighted by Gasteiger charge is 2.10. The highest BCUT2D eigenvalue weighted by atomic mass is 35.5. The van der Waals surface area contributed by atoms with Crippen molar-refractivity contribution in [2.75, 3.05) is 10.6 Å². The summed E-state index contributed by atoms with van der Waals surface area (Å²) >= 11 is 5.89. The lowest BCUT2D eigenvalue weighted by Crippen LogP contribution is -2.20. The first-order valence-corrected chi connectivity index (χ1v) is 6.10. The van der Waals surface area contributed by atoms with Crippen molar-refractivity contribution in [1.29, 1.82) is 5.26 Å². The number of nitrogens with zero attached hydrogens (tertiary/aromatic N) is 1. The van der Waals surface area contributed by atoms with Gasteiger partial charge in [-0.2, -0.15) is 5.26 Å². The van der Waals surface area contributed by atoms with Crippen LogP contribution in [-0.2, 0) is 0 Å². The Morgan fingerprint density at radius 3 is 2.38 bits per heavy atom. The van der Waals surface area contributed by atoms with Gasteiger partial charge >= 0.3 is 6.03 Å². The molecule has 0 atom stereocenters. The van der Waals surface area contributed by atoms with Crippen molar-refractivity contribution < 1.29 is 13.6 Å². The quantitative estimate of drug-likeness (QED) is 0.876. The lowest BCUT2D eigenvalue weighted by Gasteiger charge is -2.09. The number of carbonyl (C=O) groups is 1. The van der Waals surface area contributed by atoms with Gasteiger partial charge in [0.25, 0.3) is 0 Å². The number of benzene rings is 2. The summed E-state index contributed by atoms with van der Waals surface area (Å²) in [6.45, 7) is 0. The van der Waals surface area contributed by atoms with E-state index in [0.717, 1.165) is 12.1 Å². The molecule has 0 heterocycles. The smallest absolute Gasteiger partial charge is 0.306 e. The van der Waals surface area contributed by atoms with Crippen LogP contribution >= 0.6 is 11.6 Å². The molecule has 21 heavy (non-hydrogen) atoms. The third-order valence-electron chi connectivity index (χ3n) is 2.53. The monoisotopic (exact) mass is 307 g/mol. The molecule has 4 nitrogen and oxygen atoms in total. The van der Waals surface area contributed by atoms with E-state index in [2.05, 4.69) is 10.6 Å². The van der Waals surface area contributed by atoms with E-state index in [0.29, 0.717) is 11.6 Å². The summed E-state index contributed by atoms with van der Waals surface area (Å²) in [7, 11) is 0. The average Bonchev–Trinajstić information content (AvgIpc) is 2.44. The summed E-state index contributed by atoms with van der Waals surface area (Å²) in [6.07, 6.45) is 0. The van der Waals surface area contributed by atoms with Crippen LogP contribution in [0.2, 0.25) is 5.02 Å². The minimum Gasteiger partial charge on any atom is -0.306 e. The molecule has 0 radical (unpaired) electrons. The largest absolute Gasteiger partial charge is 0.323 e. The highest BCUT2D eigenvalue weighted by Crippen LogP contribution is 2.23. The molecular formula is C14H8ClF2N3O. The number of nitriles is 1. The third-order valence-corrected chi connectivity index (χ3v) is 2.84. The molecule has 0 aliphatic heterocycles. The van der Waals surface area contributed by atoms with Crippen LogP contribution in [-0.4, -0.2) is 6.03 Å². The molecule has 0 fully saturated rings. The molecule has 0 aliphatic carbocycles. The second kappa shape index (κ2) is 6.20. The molecule has 0 saturated carbocycles. The number of urea groups is 1. The summed E-state index contributed by atoms with van der Waals surface area (Å²) < 4.78 is 26.1. The van der Waals surface area contributed by atoms with E-state index in [9.17, 15) is 13.6 Å². The molecule has 2 amide bonds. The standard InChI is InChI=1S/C14H8ClF2N3O/c15-10-5-8(7-18)1-3-12(10)19-14(21)20-13-4-2-9(16)6-11(13)17/h1-6H,(H2,19,20,21). The van der Waals surface area contributed by atoms with E-state index < -0.39 is 17.7 Å². The minimum atomic E-state index is -0.893. The Morgan fingerprint density at radius 1 is 1.10 bits per heavy atom. The van der Waals surface area contributed by atoms with Gasteiger partial charge in [-0.15, -0.1) is 0 Å². The minimum absolute atomic E-state index is 0.168. The molecule has 0 spiro atoms. The van der Waals surface area contributed by atoms with Gasteiger partial charge in [-0.3, -0.25) is 0 Å². The van der Waals surface area contributed by atoms with Crippen LogP contribution < -0.4 is 10.6 Å². The maximum Gasteiger partial charge on any atom is 0.323 e. The molecule has 0 aromatic heterocycles. The van der Waals surface area contributed by atoms with Crippen molar-refractivity contribution in [1.82, 2.24) is 0 Å². The van der Waals surface area contributed by atoms with E-state index in [4.69, 9.17) is 16.9 Å². The van der Waals surface area contributed by atoms with Crippen molar-refractivity contribution in [3.8, 4) is 6.07 Å². The van der Waals surface area contributed by atoms with Crippen LogP contribution in [0.1, 0.15) is 5.56 Å². The Morgan fingerprint density at radius 2 is 1.76 bits per heavy atom. The van der Waals surface area contributed by atoms with E-state index in [1.165, 1.54) is 18.2 Å². The zero-order valence-corrected chi connectivity index (χ0v) is 11.2. The molecule has 7 heteroatoms. The lowest BCUT2D eigenvalue weighted by atomic mass is 10.2.